The highest BCUT2D eigenvalue weighted by Crippen LogP contribution is 2.30. The van der Waals surface area contributed by atoms with Crippen LogP contribution in [0.1, 0.15) is 22.8 Å². The standard InChI is InChI=1S/C20H16Cl2N2O4/c1-2-28-20(27)16-18(25)17(12-7-9-14(21)10-8-12)23-24(19(16)26)11-13-5-3-4-6-15(13)22/h3-10,25H,2,11H2,1H3. The SMILES string of the molecule is CCOC(=O)c1c(O)c(-c2ccc(Cl)cc2)nn(Cc2ccccc2Cl)c1=O. The van der Waals surface area contributed by atoms with E-state index in [0.29, 0.717) is 21.2 Å². The van der Waals surface area contributed by atoms with E-state index in [4.69, 9.17) is 27.9 Å². The van der Waals surface area contributed by atoms with Gasteiger partial charge >= 0.3 is 5.97 Å². The van der Waals surface area contributed by atoms with Gasteiger partial charge in [-0.05, 0) is 30.7 Å². The summed E-state index contributed by atoms with van der Waals surface area (Å²) < 4.78 is 6.02. The van der Waals surface area contributed by atoms with E-state index in [1.54, 1.807) is 55.5 Å². The Bertz CT molecular complexity index is 1080. The Kier molecular flexibility index (Phi) is 6.02. The van der Waals surface area contributed by atoms with Gasteiger partial charge in [0, 0.05) is 15.6 Å². The fraction of sp³-hybridized carbons (Fsp3) is 0.150. The molecule has 144 valence electrons. The number of carbonyl (C=O) groups excluding carboxylic acids is 1. The van der Waals surface area contributed by atoms with E-state index >= 15 is 0 Å². The van der Waals surface area contributed by atoms with Crippen LogP contribution in [0.15, 0.2) is 53.3 Å². The lowest BCUT2D eigenvalue weighted by atomic mass is 10.1. The van der Waals surface area contributed by atoms with Crippen LogP contribution in [-0.4, -0.2) is 27.5 Å². The fourth-order valence-electron chi connectivity index (χ4n) is 2.65. The largest absolute Gasteiger partial charge is 0.505 e. The normalized spacial score (nSPS) is 10.7. The first kappa shape index (κ1) is 19.9. The molecule has 8 heteroatoms. The minimum Gasteiger partial charge on any atom is -0.505 e. The fourth-order valence-corrected chi connectivity index (χ4v) is 2.97. The van der Waals surface area contributed by atoms with E-state index in [2.05, 4.69) is 5.10 Å². The Labute approximate surface area is 170 Å². The molecule has 2 aromatic carbocycles. The predicted octanol–water partition coefficient (Wildman–Crippen LogP) is 4.15. The van der Waals surface area contributed by atoms with Crippen molar-refractivity contribution in [3.8, 4) is 17.0 Å². The number of hydrogen-bond acceptors (Lipinski definition) is 5. The van der Waals surface area contributed by atoms with Crippen LogP contribution in [0, 0.1) is 0 Å². The molecular weight excluding hydrogens is 403 g/mol. The van der Waals surface area contributed by atoms with Gasteiger partial charge in [0.05, 0.1) is 13.2 Å². The molecule has 0 radical (unpaired) electrons. The second-order valence-corrected chi connectivity index (χ2v) is 6.70. The van der Waals surface area contributed by atoms with Gasteiger partial charge in [0.15, 0.2) is 11.3 Å². The number of carbonyl (C=O) groups is 1. The van der Waals surface area contributed by atoms with Crippen molar-refractivity contribution in [3.63, 3.8) is 0 Å². The van der Waals surface area contributed by atoms with Gasteiger partial charge in [-0.2, -0.15) is 5.10 Å². The average Bonchev–Trinajstić information content (AvgIpc) is 2.67. The number of ether oxygens (including phenoxy) is 1. The molecule has 0 saturated heterocycles. The van der Waals surface area contributed by atoms with Gasteiger partial charge < -0.3 is 9.84 Å². The lowest BCUT2D eigenvalue weighted by Crippen LogP contribution is -2.30. The molecule has 6 nitrogen and oxygen atoms in total. The molecule has 1 aromatic heterocycles. The second-order valence-electron chi connectivity index (χ2n) is 5.85. The molecule has 0 aliphatic heterocycles. The maximum atomic E-state index is 12.8. The summed E-state index contributed by atoms with van der Waals surface area (Å²) in [6.07, 6.45) is 0. The Morgan fingerprint density at radius 2 is 1.82 bits per heavy atom. The molecule has 0 bridgehead atoms. The molecule has 0 aliphatic rings. The molecule has 1 N–H and O–H groups in total. The molecule has 0 amide bonds. The minimum absolute atomic E-state index is 0.0196. The smallest absolute Gasteiger partial charge is 0.347 e. The van der Waals surface area contributed by atoms with Crippen LogP contribution in [0.25, 0.3) is 11.3 Å². The monoisotopic (exact) mass is 418 g/mol. The van der Waals surface area contributed by atoms with Crippen molar-refractivity contribution in [3.05, 3.63) is 80.1 Å². The molecule has 0 unspecified atom stereocenters. The number of aromatic hydroxyl groups is 1. The maximum absolute atomic E-state index is 12.8. The van der Waals surface area contributed by atoms with Crippen molar-refractivity contribution >= 4 is 29.2 Å². The summed E-state index contributed by atoms with van der Waals surface area (Å²) in [5, 5.41) is 15.8. The van der Waals surface area contributed by atoms with Crippen molar-refractivity contribution in [1.29, 1.82) is 0 Å². The van der Waals surface area contributed by atoms with Gasteiger partial charge in [0.1, 0.15) is 5.69 Å². The Morgan fingerprint density at radius 3 is 2.46 bits per heavy atom. The zero-order chi connectivity index (χ0) is 20.3. The molecule has 1 heterocycles. The zero-order valence-electron chi connectivity index (χ0n) is 14.9. The van der Waals surface area contributed by atoms with Crippen molar-refractivity contribution in [2.45, 2.75) is 13.5 Å². The predicted molar refractivity (Wildman–Crippen MR) is 107 cm³/mol. The first-order chi connectivity index (χ1) is 13.4. The third kappa shape index (κ3) is 4.03. The molecule has 0 saturated carbocycles. The van der Waals surface area contributed by atoms with Gasteiger partial charge in [-0.1, -0.05) is 53.5 Å². The van der Waals surface area contributed by atoms with Gasteiger partial charge in [-0.25, -0.2) is 9.48 Å². The number of halogens is 2. The number of esters is 1. The summed E-state index contributed by atoms with van der Waals surface area (Å²) in [5.41, 5.74) is -0.0597. The molecule has 0 fully saturated rings. The first-order valence-electron chi connectivity index (χ1n) is 8.43. The molecule has 28 heavy (non-hydrogen) atoms. The van der Waals surface area contributed by atoms with Gasteiger partial charge in [-0.3, -0.25) is 4.79 Å². The number of rotatable bonds is 5. The van der Waals surface area contributed by atoms with E-state index in [0.717, 1.165) is 4.68 Å². The van der Waals surface area contributed by atoms with Crippen LogP contribution in [0.3, 0.4) is 0 Å². The van der Waals surface area contributed by atoms with Crippen LogP contribution in [0.5, 0.6) is 5.75 Å². The van der Waals surface area contributed by atoms with Crippen molar-refractivity contribution in [2.24, 2.45) is 0 Å². The molecule has 0 aliphatic carbocycles. The number of aromatic nitrogens is 2. The summed E-state index contributed by atoms with van der Waals surface area (Å²) in [4.78, 5) is 25.2. The third-order valence-electron chi connectivity index (χ3n) is 4.01. The van der Waals surface area contributed by atoms with Crippen LogP contribution < -0.4 is 5.56 Å². The van der Waals surface area contributed by atoms with Crippen molar-refractivity contribution in [2.75, 3.05) is 6.61 Å². The Balaban J connectivity index is 2.21. The van der Waals surface area contributed by atoms with E-state index in [1.807, 2.05) is 0 Å². The summed E-state index contributed by atoms with van der Waals surface area (Å²) in [6, 6.07) is 13.5. The number of hydrogen-bond donors (Lipinski definition) is 1. The number of benzene rings is 2. The van der Waals surface area contributed by atoms with Crippen molar-refractivity contribution < 1.29 is 14.6 Å². The van der Waals surface area contributed by atoms with Crippen LogP contribution in [-0.2, 0) is 11.3 Å². The highest BCUT2D eigenvalue weighted by atomic mass is 35.5. The van der Waals surface area contributed by atoms with Crippen LogP contribution in [0.2, 0.25) is 10.0 Å². The van der Waals surface area contributed by atoms with Crippen LogP contribution >= 0.6 is 23.2 Å². The topological polar surface area (TPSA) is 81.4 Å². The molecule has 3 aromatic rings. The van der Waals surface area contributed by atoms with Crippen LogP contribution in [0.4, 0.5) is 0 Å². The average molecular weight is 419 g/mol. The quantitative estimate of drug-likeness (QED) is 0.629. The number of nitrogens with zero attached hydrogens (tertiary/aromatic N) is 2. The molecule has 3 rings (SSSR count). The van der Waals surface area contributed by atoms with Gasteiger partial charge in [0.25, 0.3) is 5.56 Å². The van der Waals surface area contributed by atoms with Crippen molar-refractivity contribution in [1.82, 2.24) is 9.78 Å². The Hall–Kier alpha value is -2.83. The van der Waals surface area contributed by atoms with E-state index in [-0.39, 0.29) is 18.8 Å². The summed E-state index contributed by atoms with van der Waals surface area (Å²) in [6.45, 7) is 1.69. The molecular formula is C20H16Cl2N2O4. The van der Waals surface area contributed by atoms with Gasteiger partial charge in [-0.15, -0.1) is 0 Å². The first-order valence-corrected chi connectivity index (χ1v) is 9.18. The van der Waals surface area contributed by atoms with E-state index < -0.39 is 22.8 Å². The lowest BCUT2D eigenvalue weighted by molar-refractivity contribution is 0.0519. The Morgan fingerprint density at radius 1 is 1.14 bits per heavy atom. The summed E-state index contributed by atoms with van der Waals surface area (Å²) >= 11 is 12.1. The van der Waals surface area contributed by atoms with E-state index in [9.17, 15) is 14.7 Å². The summed E-state index contributed by atoms with van der Waals surface area (Å²) in [5.74, 6) is -1.46. The zero-order valence-corrected chi connectivity index (χ0v) is 16.4. The van der Waals surface area contributed by atoms with Gasteiger partial charge in [0.2, 0.25) is 0 Å². The minimum atomic E-state index is -0.921. The third-order valence-corrected chi connectivity index (χ3v) is 4.63. The second kappa shape index (κ2) is 8.46. The highest BCUT2D eigenvalue weighted by Gasteiger charge is 2.25. The highest BCUT2D eigenvalue weighted by molar-refractivity contribution is 6.31. The lowest BCUT2D eigenvalue weighted by Gasteiger charge is -2.13. The maximum Gasteiger partial charge on any atom is 0.347 e. The molecule has 0 atom stereocenters. The molecule has 0 spiro atoms. The summed E-state index contributed by atoms with van der Waals surface area (Å²) in [7, 11) is 0. The van der Waals surface area contributed by atoms with E-state index in [1.165, 1.54) is 0 Å².